The fourth-order valence-corrected chi connectivity index (χ4v) is 1.19. The molecule has 5 nitrogen and oxygen atoms in total. The standard InChI is InChI=1S/C5H4N2O3S/c8-4(9)1-3-5(7-10)11-2-6-3/h2H,1H2,(H,8,9). The maximum atomic E-state index is 10.2. The Morgan fingerprint density at radius 2 is 2.55 bits per heavy atom. The van der Waals surface area contributed by atoms with E-state index in [4.69, 9.17) is 5.11 Å². The van der Waals surface area contributed by atoms with Gasteiger partial charge in [0.05, 0.1) is 17.6 Å². The third-order valence-corrected chi connectivity index (χ3v) is 1.77. The highest BCUT2D eigenvalue weighted by Gasteiger charge is 2.09. The van der Waals surface area contributed by atoms with Crippen molar-refractivity contribution in [3.63, 3.8) is 0 Å². The van der Waals surface area contributed by atoms with Gasteiger partial charge in [-0.2, -0.15) is 0 Å². The highest BCUT2D eigenvalue weighted by molar-refractivity contribution is 7.13. The van der Waals surface area contributed by atoms with Crippen LogP contribution in [-0.4, -0.2) is 16.1 Å². The van der Waals surface area contributed by atoms with Crippen LogP contribution >= 0.6 is 11.3 Å². The van der Waals surface area contributed by atoms with Gasteiger partial charge >= 0.3 is 5.97 Å². The number of hydrogen-bond donors (Lipinski definition) is 1. The minimum atomic E-state index is -1.01. The molecule has 1 heterocycles. The lowest BCUT2D eigenvalue weighted by atomic mass is 10.3. The molecule has 1 aromatic heterocycles. The average molecular weight is 172 g/mol. The van der Waals surface area contributed by atoms with Crippen molar-refractivity contribution in [3.8, 4) is 0 Å². The van der Waals surface area contributed by atoms with Crippen molar-refractivity contribution in [2.45, 2.75) is 6.42 Å². The Labute approximate surface area is 65.7 Å². The van der Waals surface area contributed by atoms with Crippen molar-refractivity contribution < 1.29 is 9.90 Å². The Kier molecular flexibility index (Phi) is 2.27. The number of hydrogen-bond acceptors (Lipinski definition) is 5. The lowest BCUT2D eigenvalue weighted by molar-refractivity contribution is -0.136. The molecule has 0 spiro atoms. The summed E-state index contributed by atoms with van der Waals surface area (Å²) in [5, 5.41) is 11.1. The van der Waals surface area contributed by atoms with Crippen molar-refractivity contribution >= 4 is 22.3 Å². The van der Waals surface area contributed by atoms with Crippen LogP contribution in [0.5, 0.6) is 0 Å². The molecule has 1 N–H and O–H groups in total. The summed E-state index contributed by atoms with van der Waals surface area (Å²) in [6.45, 7) is 0. The molecule has 0 aliphatic carbocycles. The number of thiazole rings is 1. The molecule has 0 aliphatic heterocycles. The van der Waals surface area contributed by atoms with Crippen molar-refractivity contribution in [2.24, 2.45) is 5.18 Å². The monoisotopic (exact) mass is 172 g/mol. The van der Waals surface area contributed by atoms with E-state index in [2.05, 4.69) is 10.2 Å². The van der Waals surface area contributed by atoms with Crippen LogP contribution < -0.4 is 0 Å². The summed E-state index contributed by atoms with van der Waals surface area (Å²) in [5.41, 5.74) is 1.63. The predicted molar refractivity (Wildman–Crippen MR) is 38.9 cm³/mol. The van der Waals surface area contributed by atoms with Crippen LogP contribution in [0.1, 0.15) is 5.69 Å². The summed E-state index contributed by atoms with van der Waals surface area (Å²) >= 11 is 1.04. The van der Waals surface area contributed by atoms with Gasteiger partial charge in [-0.1, -0.05) is 11.3 Å². The van der Waals surface area contributed by atoms with Crippen LogP contribution in [0.2, 0.25) is 0 Å². The number of nitroso groups, excluding NO2 is 1. The summed E-state index contributed by atoms with van der Waals surface area (Å²) in [6, 6.07) is 0. The molecule has 0 saturated heterocycles. The minimum absolute atomic E-state index is 0.146. The number of nitrogens with zero attached hydrogens (tertiary/aromatic N) is 2. The van der Waals surface area contributed by atoms with Gasteiger partial charge in [-0.25, -0.2) is 4.98 Å². The Hall–Kier alpha value is -1.30. The summed E-state index contributed by atoms with van der Waals surface area (Å²) < 4.78 is 0. The first kappa shape index (κ1) is 7.80. The molecular weight excluding hydrogens is 168 g/mol. The van der Waals surface area contributed by atoms with Crippen molar-refractivity contribution in [3.05, 3.63) is 16.1 Å². The van der Waals surface area contributed by atoms with Crippen molar-refractivity contribution in [1.82, 2.24) is 4.98 Å². The van der Waals surface area contributed by atoms with E-state index in [0.29, 0.717) is 0 Å². The molecule has 0 bridgehead atoms. The molecule has 0 radical (unpaired) electrons. The minimum Gasteiger partial charge on any atom is -0.481 e. The van der Waals surface area contributed by atoms with Crippen molar-refractivity contribution in [1.29, 1.82) is 0 Å². The van der Waals surface area contributed by atoms with Crippen LogP contribution in [-0.2, 0) is 11.2 Å². The lowest BCUT2D eigenvalue weighted by Crippen LogP contribution is -1.99. The van der Waals surface area contributed by atoms with Gasteiger partial charge in [-0.3, -0.25) is 4.79 Å². The number of carboxylic acids is 1. The van der Waals surface area contributed by atoms with Crippen LogP contribution in [0, 0.1) is 4.91 Å². The Bertz CT molecular complexity index is 283. The number of carbonyl (C=O) groups is 1. The van der Waals surface area contributed by atoms with Gasteiger partial charge in [0.15, 0.2) is 5.00 Å². The molecule has 6 heteroatoms. The van der Waals surface area contributed by atoms with Gasteiger partial charge in [0, 0.05) is 0 Å². The summed E-state index contributed by atoms with van der Waals surface area (Å²) in [4.78, 5) is 23.8. The molecule has 0 unspecified atom stereocenters. The molecule has 0 amide bonds. The van der Waals surface area contributed by atoms with Gasteiger partial charge in [0.1, 0.15) is 0 Å². The fourth-order valence-electron chi connectivity index (χ4n) is 0.602. The van der Waals surface area contributed by atoms with E-state index < -0.39 is 5.97 Å². The molecule has 0 saturated carbocycles. The Morgan fingerprint density at radius 1 is 1.82 bits per heavy atom. The second kappa shape index (κ2) is 3.20. The van der Waals surface area contributed by atoms with Crippen LogP contribution in [0.3, 0.4) is 0 Å². The van der Waals surface area contributed by atoms with Crippen LogP contribution in [0.15, 0.2) is 10.7 Å². The second-order valence-corrected chi connectivity index (χ2v) is 2.60. The first-order valence-corrected chi connectivity index (χ1v) is 3.59. The largest absolute Gasteiger partial charge is 0.481 e. The van der Waals surface area contributed by atoms with E-state index in [1.807, 2.05) is 0 Å². The molecule has 0 aliphatic rings. The van der Waals surface area contributed by atoms with E-state index in [-0.39, 0.29) is 17.1 Å². The zero-order valence-corrected chi connectivity index (χ0v) is 6.17. The summed E-state index contributed by atoms with van der Waals surface area (Å²) in [6.07, 6.45) is -0.245. The Morgan fingerprint density at radius 3 is 3.09 bits per heavy atom. The Balaban J connectivity index is 2.84. The van der Waals surface area contributed by atoms with Crippen molar-refractivity contribution in [2.75, 3.05) is 0 Å². The van der Waals surface area contributed by atoms with E-state index in [9.17, 15) is 9.70 Å². The molecule has 58 valence electrons. The quantitative estimate of drug-likeness (QED) is 0.694. The molecular formula is C5H4N2O3S. The maximum absolute atomic E-state index is 10.2. The zero-order valence-electron chi connectivity index (χ0n) is 5.35. The van der Waals surface area contributed by atoms with E-state index in [1.165, 1.54) is 5.51 Å². The number of carboxylic acid groups (broad SMARTS) is 1. The highest BCUT2D eigenvalue weighted by atomic mass is 32.1. The highest BCUT2D eigenvalue weighted by Crippen LogP contribution is 2.23. The number of aromatic nitrogens is 1. The number of rotatable bonds is 3. The van der Waals surface area contributed by atoms with Crippen LogP contribution in [0.25, 0.3) is 0 Å². The SMILES string of the molecule is O=Nc1scnc1CC(=O)O. The number of aliphatic carboxylic acids is 1. The fraction of sp³-hybridized carbons (Fsp3) is 0.200. The van der Waals surface area contributed by atoms with Gasteiger partial charge < -0.3 is 5.11 Å². The predicted octanol–water partition coefficient (Wildman–Crippen LogP) is 1.17. The first-order chi connectivity index (χ1) is 5.24. The van der Waals surface area contributed by atoms with Gasteiger partial charge in [0.2, 0.25) is 0 Å². The third kappa shape index (κ3) is 1.81. The molecule has 1 rings (SSSR count). The molecule has 0 atom stereocenters. The van der Waals surface area contributed by atoms with Crippen LogP contribution in [0.4, 0.5) is 5.00 Å². The summed E-state index contributed by atoms with van der Waals surface area (Å²) in [7, 11) is 0. The second-order valence-electron chi connectivity index (χ2n) is 1.77. The van der Waals surface area contributed by atoms with E-state index in [1.54, 1.807) is 0 Å². The van der Waals surface area contributed by atoms with E-state index >= 15 is 0 Å². The smallest absolute Gasteiger partial charge is 0.309 e. The lowest BCUT2D eigenvalue weighted by Gasteiger charge is -1.87. The van der Waals surface area contributed by atoms with Gasteiger partial charge in [-0.05, 0) is 5.18 Å². The third-order valence-electron chi connectivity index (χ3n) is 1.02. The topological polar surface area (TPSA) is 79.6 Å². The molecule has 0 fully saturated rings. The normalized spacial score (nSPS) is 9.45. The van der Waals surface area contributed by atoms with E-state index in [0.717, 1.165) is 11.3 Å². The summed E-state index contributed by atoms with van der Waals surface area (Å²) in [5.74, 6) is -1.01. The zero-order chi connectivity index (χ0) is 8.27. The van der Waals surface area contributed by atoms with Gasteiger partial charge in [0.25, 0.3) is 0 Å². The average Bonchev–Trinajstić information content (AvgIpc) is 2.34. The molecule has 0 aromatic carbocycles. The molecule has 1 aromatic rings. The maximum Gasteiger partial charge on any atom is 0.309 e. The van der Waals surface area contributed by atoms with Gasteiger partial charge in [-0.15, -0.1) is 4.91 Å². The molecule has 11 heavy (non-hydrogen) atoms. The first-order valence-electron chi connectivity index (χ1n) is 2.71.